The smallest absolute Gasteiger partial charge is 0.295 e. The summed E-state index contributed by atoms with van der Waals surface area (Å²) in [5, 5.41) is 3.29. The third-order valence-corrected chi connectivity index (χ3v) is 4.71. The third kappa shape index (κ3) is 3.97. The maximum absolute atomic E-state index is 12.5. The summed E-state index contributed by atoms with van der Waals surface area (Å²) in [6.07, 6.45) is 1.67. The Morgan fingerprint density at radius 3 is 2.76 bits per heavy atom. The van der Waals surface area contributed by atoms with E-state index < -0.39 is 0 Å². The molecule has 0 saturated carbocycles. The molecule has 128 valence electrons. The van der Waals surface area contributed by atoms with Gasteiger partial charge in [-0.15, -0.1) is 0 Å². The van der Waals surface area contributed by atoms with Crippen molar-refractivity contribution in [3.8, 4) is 5.75 Å². The molecule has 1 saturated heterocycles. The number of carbonyl (C=O) groups excluding carboxylic acids is 2. The number of nitrogens with one attached hydrogen (secondary N) is 1. The first-order chi connectivity index (χ1) is 12.1. The summed E-state index contributed by atoms with van der Waals surface area (Å²) < 4.78 is 5.27. The number of ether oxygens (including phenoxy) is 1. The number of thioether (sulfide) groups is 1. The highest BCUT2D eigenvalue weighted by molar-refractivity contribution is 8.18. The summed E-state index contributed by atoms with van der Waals surface area (Å²) in [4.78, 5) is 26.2. The molecule has 2 aromatic carbocycles. The molecule has 7 heteroatoms. The molecule has 1 aliphatic heterocycles. The molecule has 0 radical (unpaired) electrons. The fourth-order valence-electron chi connectivity index (χ4n) is 2.33. The zero-order valence-electron chi connectivity index (χ0n) is 13.4. The number of anilines is 1. The van der Waals surface area contributed by atoms with Crippen LogP contribution in [0, 0.1) is 0 Å². The monoisotopic (exact) mass is 374 g/mol. The highest BCUT2D eigenvalue weighted by Gasteiger charge is 2.34. The summed E-state index contributed by atoms with van der Waals surface area (Å²) in [6, 6.07) is 14.4. The number of imide groups is 1. The van der Waals surface area contributed by atoms with Crippen molar-refractivity contribution in [2.75, 3.05) is 19.1 Å². The Morgan fingerprint density at radius 1 is 1.20 bits per heavy atom. The van der Waals surface area contributed by atoms with Crippen molar-refractivity contribution in [1.82, 2.24) is 4.90 Å². The summed E-state index contributed by atoms with van der Waals surface area (Å²) >= 11 is 6.84. The predicted octanol–water partition coefficient (Wildman–Crippen LogP) is 4.45. The normalized spacial score (nSPS) is 15.8. The minimum Gasteiger partial charge on any atom is -0.496 e. The van der Waals surface area contributed by atoms with Gasteiger partial charge in [-0.25, -0.2) is 0 Å². The largest absolute Gasteiger partial charge is 0.496 e. The fraction of sp³-hybridized carbons (Fsp3) is 0.111. The van der Waals surface area contributed by atoms with Gasteiger partial charge in [-0.05, 0) is 42.1 Å². The summed E-state index contributed by atoms with van der Waals surface area (Å²) in [7, 11) is 1.56. The fourth-order valence-corrected chi connectivity index (χ4v) is 3.35. The molecule has 0 aliphatic carbocycles. The van der Waals surface area contributed by atoms with Crippen LogP contribution in [0.25, 0.3) is 6.08 Å². The Hall–Kier alpha value is -2.44. The highest BCUT2D eigenvalue weighted by atomic mass is 35.5. The Kier molecular flexibility index (Phi) is 5.31. The van der Waals surface area contributed by atoms with Gasteiger partial charge in [-0.1, -0.05) is 35.9 Å². The zero-order chi connectivity index (χ0) is 17.8. The molecule has 5 nitrogen and oxygen atoms in total. The van der Waals surface area contributed by atoms with Gasteiger partial charge in [0, 0.05) is 16.3 Å². The Morgan fingerprint density at radius 2 is 2.00 bits per heavy atom. The highest BCUT2D eigenvalue weighted by Crippen LogP contribution is 2.33. The zero-order valence-corrected chi connectivity index (χ0v) is 14.9. The molecule has 0 unspecified atom stereocenters. The van der Waals surface area contributed by atoms with E-state index in [1.165, 1.54) is 0 Å². The first-order valence-corrected chi connectivity index (χ1v) is 8.66. The van der Waals surface area contributed by atoms with E-state index in [0.717, 1.165) is 27.9 Å². The van der Waals surface area contributed by atoms with Gasteiger partial charge < -0.3 is 10.1 Å². The topological polar surface area (TPSA) is 58.6 Å². The minimum atomic E-state index is -0.338. The standard InChI is InChI=1S/C18H15ClN2O3S/c1-24-15-8-3-2-5-12(15)9-16-17(22)21(18(23)25-16)11-20-14-7-4-6-13(19)10-14/h2-10,20H,11H2,1H3/b16-9-. The van der Waals surface area contributed by atoms with Crippen LogP contribution in [0.3, 0.4) is 0 Å². The van der Waals surface area contributed by atoms with Gasteiger partial charge >= 0.3 is 0 Å². The lowest BCUT2D eigenvalue weighted by Crippen LogP contribution is -2.33. The average molecular weight is 375 g/mol. The molecule has 25 heavy (non-hydrogen) atoms. The number of rotatable bonds is 5. The number of amides is 2. The lowest BCUT2D eigenvalue weighted by atomic mass is 10.2. The van der Waals surface area contributed by atoms with E-state index in [1.807, 2.05) is 24.3 Å². The van der Waals surface area contributed by atoms with Gasteiger partial charge in [-0.3, -0.25) is 14.5 Å². The van der Waals surface area contributed by atoms with Crippen molar-refractivity contribution in [3.05, 3.63) is 64.0 Å². The quantitative estimate of drug-likeness (QED) is 0.783. The summed E-state index contributed by atoms with van der Waals surface area (Å²) in [5.74, 6) is 0.307. The first-order valence-electron chi connectivity index (χ1n) is 7.46. The molecule has 1 N–H and O–H groups in total. The SMILES string of the molecule is COc1ccccc1/C=C1\SC(=O)N(CNc2cccc(Cl)c2)C1=O. The maximum Gasteiger partial charge on any atom is 0.295 e. The maximum atomic E-state index is 12.5. The van der Waals surface area contributed by atoms with Crippen LogP contribution < -0.4 is 10.1 Å². The van der Waals surface area contributed by atoms with Crippen molar-refractivity contribution >= 4 is 46.3 Å². The van der Waals surface area contributed by atoms with Crippen molar-refractivity contribution in [1.29, 1.82) is 0 Å². The number of benzene rings is 2. The molecule has 3 rings (SSSR count). The van der Waals surface area contributed by atoms with Crippen molar-refractivity contribution in [2.24, 2.45) is 0 Å². The van der Waals surface area contributed by atoms with Crippen LogP contribution in [0.4, 0.5) is 10.5 Å². The van der Waals surface area contributed by atoms with E-state index in [2.05, 4.69) is 5.32 Å². The van der Waals surface area contributed by atoms with E-state index in [1.54, 1.807) is 37.5 Å². The lowest BCUT2D eigenvalue weighted by molar-refractivity contribution is -0.122. The molecule has 0 bridgehead atoms. The van der Waals surface area contributed by atoms with Gasteiger partial charge in [0.15, 0.2) is 0 Å². The minimum absolute atomic E-state index is 0.0777. The van der Waals surface area contributed by atoms with Gasteiger partial charge in [-0.2, -0.15) is 0 Å². The number of carbonyl (C=O) groups is 2. The third-order valence-electron chi connectivity index (χ3n) is 3.57. The van der Waals surface area contributed by atoms with Crippen LogP contribution >= 0.6 is 23.4 Å². The predicted molar refractivity (Wildman–Crippen MR) is 101 cm³/mol. The molecule has 2 aromatic rings. The van der Waals surface area contributed by atoms with Crippen LogP contribution in [-0.4, -0.2) is 29.8 Å². The van der Waals surface area contributed by atoms with Crippen molar-refractivity contribution in [3.63, 3.8) is 0 Å². The molecule has 1 aliphatic rings. The molecule has 0 spiro atoms. The van der Waals surface area contributed by atoms with Crippen LogP contribution in [-0.2, 0) is 4.79 Å². The molecule has 1 fully saturated rings. The van der Waals surface area contributed by atoms with Crippen LogP contribution in [0.15, 0.2) is 53.4 Å². The number of hydrogen-bond acceptors (Lipinski definition) is 5. The van der Waals surface area contributed by atoms with Crippen LogP contribution in [0.1, 0.15) is 5.56 Å². The second-order valence-corrected chi connectivity index (χ2v) is 6.63. The van der Waals surface area contributed by atoms with E-state index in [-0.39, 0.29) is 17.8 Å². The Bertz CT molecular complexity index is 854. The molecule has 1 heterocycles. The average Bonchev–Trinajstić information content (AvgIpc) is 2.87. The van der Waals surface area contributed by atoms with Crippen LogP contribution in [0.2, 0.25) is 5.02 Å². The molecule has 0 atom stereocenters. The van der Waals surface area contributed by atoms with E-state index in [4.69, 9.17) is 16.3 Å². The first kappa shape index (κ1) is 17.4. The van der Waals surface area contributed by atoms with E-state index >= 15 is 0 Å². The van der Waals surface area contributed by atoms with Gasteiger partial charge in [0.2, 0.25) is 0 Å². The number of nitrogens with zero attached hydrogens (tertiary/aromatic N) is 1. The van der Waals surface area contributed by atoms with Gasteiger partial charge in [0.05, 0.1) is 18.7 Å². The molecular formula is C18H15ClN2O3S. The molecule has 2 amide bonds. The van der Waals surface area contributed by atoms with Crippen molar-refractivity contribution < 1.29 is 14.3 Å². The van der Waals surface area contributed by atoms with Crippen LogP contribution in [0.5, 0.6) is 5.75 Å². The van der Waals surface area contributed by atoms with E-state index in [0.29, 0.717) is 15.7 Å². The summed E-state index contributed by atoms with van der Waals surface area (Å²) in [6.45, 7) is 0.0777. The second-order valence-electron chi connectivity index (χ2n) is 5.20. The van der Waals surface area contributed by atoms with Gasteiger partial charge in [0.25, 0.3) is 11.1 Å². The number of para-hydroxylation sites is 1. The Labute approximate surface area is 154 Å². The Balaban J connectivity index is 1.75. The number of halogens is 1. The van der Waals surface area contributed by atoms with Crippen molar-refractivity contribution in [2.45, 2.75) is 0 Å². The van der Waals surface area contributed by atoms with Gasteiger partial charge in [0.1, 0.15) is 5.75 Å². The van der Waals surface area contributed by atoms with E-state index in [9.17, 15) is 9.59 Å². The molecular weight excluding hydrogens is 360 g/mol. The molecule has 0 aromatic heterocycles. The summed E-state index contributed by atoms with van der Waals surface area (Å²) in [5.41, 5.74) is 1.48. The number of hydrogen-bond donors (Lipinski definition) is 1. The second kappa shape index (κ2) is 7.63. The lowest BCUT2D eigenvalue weighted by Gasteiger charge is -2.14. The number of methoxy groups -OCH3 is 1.